The van der Waals surface area contributed by atoms with E-state index in [-0.39, 0.29) is 5.92 Å². The topological polar surface area (TPSA) is 34.9 Å². The second-order valence-electron chi connectivity index (χ2n) is 6.12. The van der Waals surface area contributed by atoms with E-state index in [1.54, 1.807) is 0 Å². The third-order valence-electron chi connectivity index (χ3n) is 4.57. The summed E-state index contributed by atoms with van der Waals surface area (Å²) in [6.07, 6.45) is 12.0. The van der Waals surface area contributed by atoms with Crippen LogP contribution in [0.25, 0.3) is 0 Å². The molecule has 0 radical (unpaired) electrons. The monoisotopic (exact) mass is 276 g/mol. The van der Waals surface area contributed by atoms with Gasteiger partial charge in [-0.05, 0) is 31.7 Å². The Bertz CT molecular complexity index is 418. The van der Waals surface area contributed by atoms with Crippen LogP contribution in [-0.4, -0.2) is 15.6 Å². The first-order valence-corrected chi connectivity index (χ1v) is 8.31. The molecule has 0 aliphatic heterocycles. The SMILES string of the molecule is CCCCC(CC)C(=O)Cc1ccn(C2CCCC2)n1. The second kappa shape index (κ2) is 7.61. The molecular formula is C17H28N2O. The van der Waals surface area contributed by atoms with Crippen molar-refractivity contribution in [3.8, 4) is 0 Å². The van der Waals surface area contributed by atoms with Crippen LogP contribution in [0.3, 0.4) is 0 Å². The van der Waals surface area contributed by atoms with Crippen molar-refractivity contribution >= 4 is 5.78 Å². The number of unbranched alkanes of at least 4 members (excludes halogenated alkanes) is 1. The van der Waals surface area contributed by atoms with Crippen molar-refractivity contribution in [3.63, 3.8) is 0 Å². The molecular weight excluding hydrogens is 248 g/mol. The van der Waals surface area contributed by atoms with E-state index in [4.69, 9.17) is 0 Å². The number of carbonyl (C=O) groups excluding carboxylic acids is 1. The molecule has 1 atom stereocenters. The fraction of sp³-hybridized carbons (Fsp3) is 0.765. The lowest BCUT2D eigenvalue weighted by Gasteiger charge is -2.12. The van der Waals surface area contributed by atoms with Gasteiger partial charge in [-0.1, -0.05) is 39.5 Å². The van der Waals surface area contributed by atoms with Crippen molar-refractivity contribution < 1.29 is 4.79 Å². The highest BCUT2D eigenvalue weighted by Crippen LogP contribution is 2.28. The minimum atomic E-state index is 0.228. The molecule has 2 rings (SSSR count). The molecule has 0 aromatic carbocycles. The molecule has 1 aromatic rings. The minimum absolute atomic E-state index is 0.228. The largest absolute Gasteiger partial charge is 0.299 e. The van der Waals surface area contributed by atoms with E-state index >= 15 is 0 Å². The third kappa shape index (κ3) is 3.94. The van der Waals surface area contributed by atoms with Crippen molar-refractivity contribution in [2.45, 2.75) is 77.7 Å². The predicted octanol–water partition coefficient (Wildman–Crippen LogP) is 4.33. The van der Waals surface area contributed by atoms with Crippen molar-refractivity contribution in [1.29, 1.82) is 0 Å². The van der Waals surface area contributed by atoms with Gasteiger partial charge in [0.15, 0.2) is 0 Å². The standard InChI is InChI=1S/C17H28N2O/c1-3-5-8-14(4-2)17(20)13-15-11-12-19(18-15)16-9-6-7-10-16/h11-12,14,16H,3-10,13H2,1-2H3. The fourth-order valence-corrected chi connectivity index (χ4v) is 3.21. The lowest BCUT2D eigenvalue weighted by atomic mass is 9.92. The summed E-state index contributed by atoms with van der Waals surface area (Å²) in [5.41, 5.74) is 0.955. The summed E-state index contributed by atoms with van der Waals surface area (Å²) in [6.45, 7) is 4.30. The molecule has 1 unspecified atom stereocenters. The lowest BCUT2D eigenvalue weighted by molar-refractivity contribution is -0.122. The maximum atomic E-state index is 12.3. The van der Waals surface area contributed by atoms with E-state index in [1.807, 2.05) is 6.07 Å². The molecule has 0 amide bonds. The van der Waals surface area contributed by atoms with Crippen molar-refractivity contribution in [3.05, 3.63) is 18.0 Å². The van der Waals surface area contributed by atoms with Crippen molar-refractivity contribution in [1.82, 2.24) is 9.78 Å². The van der Waals surface area contributed by atoms with Crippen LogP contribution in [0.15, 0.2) is 12.3 Å². The number of rotatable bonds is 8. The van der Waals surface area contributed by atoms with Crippen LogP contribution in [0.1, 0.15) is 76.9 Å². The molecule has 0 saturated heterocycles. The van der Waals surface area contributed by atoms with E-state index < -0.39 is 0 Å². The van der Waals surface area contributed by atoms with Gasteiger partial charge in [0.1, 0.15) is 5.78 Å². The van der Waals surface area contributed by atoms with Gasteiger partial charge in [0.25, 0.3) is 0 Å². The highest BCUT2D eigenvalue weighted by Gasteiger charge is 2.20. The van der Waals surface area contributed by atoms with Gasteiger partial charge in [-0.3, -0.25) is 9.48 Å². The van der Waals surface area contributed by atoms with Gasteiger partial charge in [-0.2, -0.15) is 5.10 Å². The molecule has 1 fully saturated rings. The van der Waals surface area contributed by atoms with E-state index in [0.29, 0.717) is 18.2 Å². The zero-order valence-electron chi connectivity index (χ0n) is 13.0. The molecule has 1 aliphatic carbocycles. The van der Waals surface area contributed by atoms with Gasteiger partial charge in [0, 0.05) is 12.1 Å². The number of ketones is 1. The summed E-state index contributed by atoms with van der Waals surface area (Å²) in [4.78, 5) is 12.3. The highest BCUT2D eigenvalue weighted by atomic mass is 16.1. The van der Waals surface area contributed by atoms with Crippen LogP contribution < -0.4 is 0 Å². The van der Waals surface area contributed by atoms with E-state index in [9.17, 15) is 4.79 Å². The molecule has 20 heavy (non-hydrogen) atoms. The Hall–Kier alpha value is -1.12. The Labute approximate surface area is 122 Å². The van der Waals surface area contributed by atoms with Gasteiger partial charge in [0.05, 0.1) is 18.2 Å². The zero-order valence-corrected chi connectivity index (χ0v) is 13.0. The number of hydrogen-bond acceptors (Lipinski definition) is 2. The molecule has 0 N–H and O–H groups in total. The molecule has 1 aromatic heterocycles. The summed E-state index contributed by atoms with van der Waals surface area (Å²) in [5.74, 6) is 0.601. The maximum absolute atomic E-state index is 12.3. The van der Waals surface area contributed by atoms with Crippen LogP contribution in [0.4, 0.5) is 0 Å². The first-order valence-electron chi connectivity index (χ1n) is 8.31. The Kier molecular flexibility index (Phi) is 5.81. The summed E-state index contributed by atoms with van der Waals surface area (Å²) in [6, 6.07) is 2.60. The molecule has 0 bridgehead atoms. The van der Waals surface area contributed by atoms with Crippen LogP contribution in [-0.2, 0) is 11.2 Å². The summed E-state index contributed by atoms with van der Waals surface area (Å²) in [7, 11) is 0. The summed E-state index contributed by atoms with van der Waals surface area (Å²) >= 11 is 0. The average molecular weight is 276 g/mol. The Morgan fingerprint density at radius 1 is 1.40 bits per heavy atom. The molecule has 3 heteroatoms. The van der Waals surface area contributed by atoms with Crippen LogP contribution in [0.2, 0.25) is 0 Å². The van der Waals surface area contributed by atoms with Gasteiger partial charge < -0.3 is 0 Å². The Morgan fingerprint density at radius 2 is 2.15 bits per heavy atom. The maximum Gasteiger partial charge on any atom is 0.141 e. The Balaban J connectivity index is 1.90. The zero-order chi connectivity index (χ0) is 14.4. The predicted molar refractivity (Wildman–Crippen MR) is 81.7 cm³/mol. The van der Waals surface area contributed by atoms with Gasteiger partial charge >= 0.3 is 0 Å². The highest BCUT2D eigenvalue weighted by molar-refractivity contribution is 5.82. The van der Waals surface area contributed by atoms with E-state index in [2.05, 4.69) is 29.8 Å². The summed E-state index contributed by atoms with van der Waals surface area (Å²) in [5, 5.41) is 4.63. The van der Waals surface area contributed by atoms with Crippen molar-refractivity contribution in [2.24, 2.45) is 5.92 Å². The average Bonchev–Trinajstić information content (AvgIpc) is 3.09. The smallest absolute Gasteiger partial charge is 0.141 e. The van der Waals surface area contributed by atoms with Crippen molar-refractivity contribution in [2.75, 3.05) is 0 Å². The van der Waals surface area contributed by atoms with Gasteiger partial charge in [-0.15, -0.1) is 0 Å². The first kappa shape index (κ1) is 15.3. The second-order valence-corrected chi connectivity index (χ2v) is 6.12. The number of Topliss-reactive ketones (excluding diaryl/α,β-unsaturated/α-hetero) is 1. The fourth-order valence-electron chi connectivity index (χ4n) is 3.21. The molecule has 3 nitrogen and oxygen atoms in total. The number of aromatic nitrogens is 2. The van der Waals surface area contributed by atoms with E-state index in [1.165, 1.54) is 32.1 Å². The van der Waals surface area contributed by atoms with Crippen LogP contribution in [0.5, 0.6) is 0 Å². The molecule has 112 valence electrons. The Morgan fingerprint density at radius 3 is 2.80 bits per heavy atom. The normalized spacial score (nSPS) is 17.5. The minimum Gasteiger partial charge on any atom is -0.299 e. The molecule has 1 saturated carbocycles. The van der Waals surface area contributed by atoms with E-state index in [0.717, 1.165) is 25.0 Å². The first-order chi connectivity index (χ1) is 9.74. The number of nitrogens with zero attached hydrogens (tertiary/aromatic N) is 2. The number of carbonyl (C=O) groups is 1. The van der Waals surface area contributed by atoms with Gasteiger partial charge in [-0.25, -0.2) is 0 Å². The number of hydrogen-bond donors (Lipinski definition) is 0. The van der Waals surface area contributed by atoms with Crippen LogP contribution in [0, 0.1) is 5.92 Å². The lowest BCUT2D eigenvalue weighted by Crippen LogP contribution is -2.17. The quantitative estimate of drug-likeness (QED) is 0.708. The molecule has 0 spiro atoms. The van der Waals surface area contributed by atoms with Gasteiger partial charge in [0.2, 0.25) is 0 Å². The summed E-state index contributed by atoms with van der Waals surface area (Å²) < 4.78 is 2.09. The van der Waals surface area contributed by atoms with Crippen LogP contribution >= 0.6 is 0 Å². The third-order valence-corrected chi connectivity index (χ3v) is 4.57. The molecule has 1 aliphatic rings. The molecule has 1 heterocycles.